The Hall–Kier alpha value is -2.28. The van der Waals surface area contributed by atoms with Crippen molar-refractivity contribution in [1.29, 1.82) is 5.39 Å². The van der Waals surface area contributed by atoms with E-state index in [0.717, 1.165) is 5.92 Å². The summed E-state index contributed by atoms with van der Waals surface area (Å²) >= 11 is 0. The molecule has 0 unspecified atom stereocenters. The second-order valence-corrected chi connectivity index (χ2v) is 7.13. The SMILES string of the molecule is CCCCC1CCC(c2ccc(-c3cc(F)cc([N+]#N)c3)nc2)CC1. The molecule has 3 rings (SSSR count). The molecule has 1 aliphatic carbocycles. The number of hydrogen-bond donors (Lipinski definition) is 0. The van der Waals surface area contributed by atoms with Gasteiger partial charge in [-0.2, -0.15) is 0 Å². The highest BCUT2D eigenvalue weighted by Crippen LogP contribution is 2.37. The predicted molar refractivity (Wildman–Crippen MR) is 98.6 cm³/mol. The first-order chi connectivity index (χ1) is 12.2. The van der Waals surface area contributed by atoms with Gasteiger partial charge in [0.05, 0.1) is 11.8 Å². The lowest BCUT2D eigenvalue weighted by atomic mass is 9.77. The summed E-state index contributed by atoms with van der Waals surface area (Å²) in [5.74, 6) is 1.06. The largest absolute Gasteiger partial charge is 0.388 e. The molecule has 25 heavy (non-hydrogen) atoms. The van der Waals surface area contributed by atoms with Crippen molar-refractivity contribution in [2.45, 2.75) is 57.8 Å². The summed E-state index contributed by atoms with van der Waals surface area (Å²) in [6, 6.07) is 8.28. The average molecular weight is 338 g/mol. The Morgan fingerprint density at radius 2 is 1.96 bits per heavy atom. The molecule has 0 spiro atoms. The predicted octanol–water partition coefficient (Wildman–Crippen LogP) is 6.84. The molecule has 0 bridgehead atoms. The molecule has 130 valence electrons. The minimum atomic E-state index is -0.429. The van der Waals surface area contributed by atoms with E-state index < -0.39 is 5.82 Å². The third-order valence-corrected chi connectivity index (χ3v) is 5.36. The smallest absolute Gasteiger partial charge is 0.256 e. The summed E-state index contributed by atoms with van der Waals surface area (Å²) in [6.45, 7) is 2.26. The topological polar surface area (TPSA) is 41.0 Å². The zero-order chi connectivity index (χ0) is 17.6. The number of halogens is 1. The van der Waals surface area contributed by atoms with Crippen molar-refractivity contribution in [2.24, 2.45) is 5.92 Å². The van der Waals surface area contributed by atoms with Crippen LogP contribution >= 0.6 is 0 Å². The van der Waals surface area contributed by atoms with E-state index >= 15 is 0 Å². The number of hydrogen-bond acceptors (Lipinski definition) is 2. The van der Waals surface area contributed by atoms with Gasteiger partial charge in [-0.15, -0.1) is 0 Å². The maximum Gasteiger partial charge on any atom is 0.388 e. The van der Waals surface area contributed by atoms with Crippen LogP contribution in [-0.2, 0) is 0 Å². The Bertz CT molecular complexity index is 741. The Morgan fingerprint density at radius 3 is 2.60 bits per heavy atom. The molecular formula is C21H25FN3+. The number of rotatable bonds is 5. The quantitative estimate of drug-likeness (QED) is 0.560. The molecule has 4 heteroatoms. The standard InChI is InChI=1S/C21H25FN3/c1-2-3-4-15-5-7-16(8-6-15)17-9-10-21(24-14-17)18-11-19(22)13-20(12-18)25-23/h9-16H,2-8H2,1H3/q+1. The van der Waals surface area contributed by atoms with Crippen molar-refractivity contribution in [3.8, 4) is 11.3 Å². The summed E-state index contributed by atoms with van der Waals surface area (Å²) in [7, 11) is 0. The summed E-state index contributed by atoms with van der Waals surface area (Å²) in [6.07, 6.45) is 11.0. The molecule has 0 atom stereocenters. The maximum absolute atomic E-state index is 13.6. The van der Waals surface area contributed by atoms with Crippen LogP contribution in [0.1, 0.15) is 63.4 Å². The molecule has 1 aliphatic rings. The number of benzene rings is 1. The van der Waals surface area contributed by atoms with E-state index in [1.165, 1.54) is 62.6 Å². The van der Waals surface area contributed by atoms with E-state index in [9.17, 15) is 4.39 Å². The van der Waals surface area contributed by atoms with Crippen molar-refractivity contribution in [3.63, 3.8) is 0 Å². The zero-order valence-electron chi connectivity index (χ0n) is 14.8. The fraction of sp³-hybridized carbons (Fsp3) is 0.476. The second kappa shape index (κ2) is 8.20. The van der Waals surface area contributed by atoms with Gasteiger partial charge in [0, 0.05) is 17.8 Å². The second-order valence-electron chi connectivity index (χ2n) is 7.13. The molecule has 0 saturated heterocycles. The summed E-state index contributed by atoms with van der Waals surface area (Å²) in [5.41, 5.74) is 2.81. The molecular weight excluding hydrogens is 313 g/mol. The van der Waals surface area contributed by atoms with E-state index in [4.69, 9.17) is 5.39 Å². The Morgan fingerprint density at radius 1 is 1.16 bits per heavy atom. The van der Waals surface area contributed by atoms with Gasteiger partial charge >= 0.3 is 5.69 Å². The highest BCUT2D eigenvalue weighted by atomic mass is 19.1. The minimum absolute atomic E-state index is 0.200. The molecule has 0 amide bonds. The fourth-order valence-corrected chi connectivity index (χ4v) is 3.87. The van der Waals surface area contributed by atoms with Crippen LogP contribution in [0.2, 0.25) is 0 Å². The normalized spacial score (nSPS) is 20.2. The lowest BCUT2D eigenvalue weighted by Crippen LogP contribution is -2.13. The number of aromatic nitrogens is 1. The van der Waals surface area contributed by atoms with Gasteiger partial charge in [0.25, 0.3) is 0 Å². The van der Waals surface area contributed by atoms with Gasteiger partial charge in [0.15, 0.2) is 4.98 Å². The van der Waals surface area contributed by atoms with Crippen molar-refractivity contribution in [1.82, 2.24) is 4.98 Å². The van der Waals surface area contributed by atoms with E-state index in [2.05, 4.69) is 23.0 Å². The van der Waals surface area contributed by atoms with Crippen molar-refractivity contribution in [2.75, 3.05) is 0 Å². The molecule has 1 saturated carbocycles. The van der Waals surface area contributed by atoms with Crippen LogP contribution in [0.25, 0.3) is 16.2 Å². The minimum Gasteiger partial charge on any atom is -0.256 e. The molecule has 1 aromatic carbocycles. The Balaban J connectivity index is 1.67. The van der Waals surface area contributed by atoms with E-state index in [1.54, 1.807) is 6.07 Å². The van der Waals surface area contributed by atoms with Gasteiger partial charge in [-0.05, 0) is 55.2 Å². The Labute approximate surface area is 148 Å². The number of unbranched alkanes of at least 4 members (excludes halogenated alkanes) is 1. The van der Waals surface area contributed by atoms with Gasteiger partial charge in [-0.25, -0.2) is 4.39 Å². The molecule has 1 aromatic heterocycles. The van der Waals surface area contributed by atoms with Crippen LogP contribution in [0.15, 0.2) is 36.5 Å². The van der Waals surface area contributed by atoms with Crippen LogP contribution in [0.5, 0.6) is 0 Å². The lowest BCUT2D eigenvalue weighted by molar-refractivity contribution is 0.304. The van der Waals surface area contributed by atoms with Gasteiger partial charge < -0.3 is 0 Å². The summed E-state index contributed by atoms with van der Waals surface area (Å²) < 4.78 is 13.6. The van der Waals surface area contributed by atoms with Crippen LogP contribution in [0, 0.1) is 17.1 Å². The summed E-state index contributed by atoms with van der Waals surface area (Å²) in [5, 5.41) is 8.86. The van der Waals surface area contributed by atoms with Gasteiger partial charge in [0.2, 0.25) is 5.39 Å². The fourth-order valence-electron chi connectivity index (χ4n) is 3.87. The van der Waals surface area contributed by atoms with Crippen molar-refractivity contribution >= 4 is 5.69 Å². The molecule has 1 heterocycles. The number of diazo groups is 1. The van der Waals surface area contributed by atoms with Gasteiger partial charge in [0.1, 0.15) is 5.82 Å². The highest BCUT2D eigenvalue weighted by Gasteiger charge is 2.22. The van der Waals surface area contributed by atoms with Crippen LogP contribution < -0.4 is 0 Å². The van der Waals surface area contributed by atoms with E-state index in [1.807, 2.05) is 12.3 Å². The van der Waals surface area contributed by atoms with Gasteiger partial charge in [-0.3, -0.25) is 4.98 Å². The molecule has 0 radical (unpaired) electrons. The Kier molecular flexibility index (Phi) is 5.75. The van der Waals surface area contributed by atoms with Crippen molar-refractivity contribution < 1.29 is 4.39 Å². The zero-order valence-corrected chi connectivity index (χ0v) is 14.8. The summed E-state index contributed by atoms with van der Waals surface area (Å²) in [4.78, 5) is 7.59. The maximum atomic E-state index is 13.6. The first-order valence-corrected chi connectivity index (χ1v) is 9.31. The molecule has 2 aromatic rings. The van der Waals surface area contributed by atoms with Crippen LogP contribution in [0.3, 0.4) is 0 Å². The third kappa shape index (κ3) is 4.42. The highest BCUT2D eigenvalue weighted by molar-refractivity contribution is 5.65. The van der Waals surface area contributed by atoms with E-state index in [0.29, 0.717) is 17.2 Å². The number of pyridine rings is 1. The first-order valence-electron chi connectivity index (χ1n) is 9.31. The monoisotopic (exact) mass is 338 g/mol. The van der Waals surface area contributed by atoms with Gasteiger partial charge in [-0.1, -0.05) is 32.3 Å². The van der Waals surface area contributed by atoms with Crippen LogP contribution in [0.4, 0.5) is 10.1 Å². The lowest BCUT2D eigenvalue weighted by Gasteiger charge is -2.28. The van der Waals surface area contributed by atoms with Crippen LogP contribution in [-0.4, -0.2) is 4.98 Å². The number of nitrogens with zero attached hydrogens (tertiary/aromatic N) is 3. The third-order valence-electron chi connectivity index (χ3n) is 5.36. The molecule has 0 N–H and O–H groups in total. The average Bonchev–Trinajstić information content (AvgIpc) is 2.66. The molecule has 3 nitrogen and oxygen atoms in total. The van der Waals surface area contributed by atoms with E-state index in [-0.39, 0.29) is 5.69 Å². The molecule has 0 aliphatic heterocycles. The first kappa shape index (κ1) is 17.5. The molecule has 1 fully saturated rings. The van der Waals surface area contributed by atoms with Crippen molar-refractivity contribution in [3.05, 3.63) is 52.9 Å².